The molecule has 2 nitrogen and oxygen atoms in total. The minimum atomic E-state index is -0.107. The van der Waals surface area contributed by atoms with E-state index in [4.69, 9.17) is 0 Å². The minimum Gasteiger partial charge on any atom is -0.393 e. The molecule has 27 heavy (non-hydrogen) atoms. The zero-order chi connectivity index (χ0) is 18.6. The summed E-state index contributed by atoms with van der Waals surface area (Å²) in [6, 6.07) is 4.34. The summed E-state index contributed by atoms with van der Waals surface area (Å²) in [6.07, 6.45) is 18.4. The fraction of sp³-hybridized carbons (Fsp3) is 0.640. The fourth-order valence-electron chi connectivity index (χ4n) is 7.60. The molecule has 0 amide bonds. The fourth-order valence-corrected chi connectivity index (χ4v) is 7.60. The molecule has 1 N–H and O–H groups in total. The summed E-state index contributed by atoms with van der Waals surface area (Å²) < 4.78 is 0. The highest BCUT2D eigenvalue weighted by Crippen LogP contribution is 2.67. The molecular formula is C25H33NO. The Labute approximate surface area is 163 Å². The maximum Gasteiger partial charge on any atom is 0.0577 e. The van der Waals surface area contributed by atoms with Crippen molar-refractivity contribution in [3.8, 4) is 0 Å². The van der Waals surface area contributed by atoms with Crippen molar-refractivity contribution in [3.05, 3.63) is 47.8 Å². The second kappa shape index (κ2) is 6.30. The summed E-state index contributed by atoms with van der Waals surface area (Å²) in [6.45, 7) is 4.93. The third-order valence-corrected chi connectivity index (χ3v) is 9.00. The van der Waals surface area contributed by atoms with Gasteiger partial charge in [-0.15, -0.1) is 0 Å². The predicted molar refractivity (Wildman–Crippen MR) is 110 cm³/mol. The number of hydrogen-bond donors (Lipinski definition) is 1. The molecule has 6 unspecified atom stereocenters. The monoisotopic (exact) mass is 363 g/mol. The Kier molecular flexibility index (Phi) is 4.13. The first-order chi connectivity index (χ1) is 13.1. The van der Waals surface area contributed by atoms with Crippen molar-refractivity contribution in [3.63, 3.8) is 0 Å². The molecule has 0 bridgehead atoms. The highest BCUT2D eigenvalue weighted by molar-refractivity contribution is 5.72. The number of pyridine rings is 1. The lowest BCUT2D eigenvalue weighted by atomic mass is 9.46. The Hall–Kier alpha value is -1.41. The van der Waals surface area contributed by atoms with Gasteiger partial charge in [-0.25, -0.2) is 0 Å². The predicted octanol–water partition coefficient (Wildman–Crippen LogP) is 5.79. The van der Waals surface area contributed by atoms with E-state index in [1.54, 1.807) is 11.1 Å². The van der Waals surface area contributed by atoms with Crippen LogP contribution in [-0.4, -0.2) is 16.2 Å². The number of rotatable bonds is 2. The number of aromatic nitrogens is 1. The summed E-state index contributed by atoms with van der Waals surface area (Å²) in [7, 11) is 0. The van der Waals surface area contributed by atoms with Gasteiger partial charge in [0.1, 0.15) is 0 Å². The maximum atomic E-state index is 10.2. The summed E-state index contributed by atoms with van der Waals surface area (Å²) >= 11 is 0. The van der Waals surface area contributed by atoms with Crippen molar-refractivity contribution in [1.29, 1.82) is 0 Å². The first kappa shape index (κ1) is 17.7. The molecule has 2 heteroatoms. The van der Waals surface area contributed by atoms with Crippen molar-refractivity contribution in [2.24, 2.45) is 28.6 Å². The molecule has 0 aliphatic heterocycles. The Bertz CT molecular complexity index is 781. The van der Waals surface area contributed by atoms with Crippen LogP contribution >= 0.6 is 0 Å². The van der Waals surface area contributed by atoms with Crippen LogP contribution in [0.1, 0.15) is 70.8 Å². The van der Waals surface area contributed by atoms with Crippen molar-refractivity contribution in [1.82, 2.24) is 4.98 Å². The van der Waals surface area contributed by atoms with E-state index in [1.807, 2.05) is 6.20 Å². The Morgan fingerprint density at radius 2 is 2.04 bits per heavy atom. The van der Waals surface area contributed by atoms with Crippen LogP contribution in [0.5, 0.6) is 0 Å². The van der Waals surface area contributed by atoms with Crippen molar-refractivity contribution >= 4 is 5.57 Å². The second-order valence-corrected chi connectivity index (χ2v) is 9.80. The van der Waals surface area contributed by atoms with E-state index in [1.165, 1.54) is 44.1 Å². The van der Waals surface area contributed by atoms with Crippen LogP contribution in [0.4, 0.5) is 0 Å². The van der Waals surface area contributed by atoms with Gasteiger partial charge in [-0.2, -0.15) is 0 Å². The van der Waals surface area contributed by atoms with Gasteiger partial charge in [0.15, 0.2) is 0 Å². The highest BCUT2D eigenvalue weighted by Gasteiger charge is 2.57. The van der Waals surface area contributed by atoms with Gasteiger partial charge in [0.2, 0.25) is 0 Å². The highest BCUT2D eigenvalue weighted by atomic mass is 16.3. The van der Waals surface area contributed by atoms with Crippen LogP contribution in [0.15, 0.2) is 42.3 Å². The van der Waals surface area contributed by atoms with Gasteiger partial charge in [0.05, 0.1) is 6.10 Å². The number of hydrogen-bond acceptors (Lipinski definition) is 2. The molecule has 0 radical (unpaired) electrons. The Balaban J connectivity index is 1.50. The standard InChI is InChI=1S/C25H33NO/c1-3-25-13-11-22-20(7-6-18-15-19(27)10-12-24(18,22)2)23(25)9-8-21(25)17-5-4-14-26-16-17/h4-6,8,14,16,19-20,22-23,27H,3,7,9-13,15H2,1-2H3. The van der Waals surface area contributed by atoms with Gasteiger partial charge in [-0.05, 0) is 97.2 Å². The largest absolute Gasteiger partial charge is 0.393 e. The molecule has 2 saturated carbocycles. The van der Waals surface area contributed by atoms with Crippen molar-refractivity contribution < 1.29 is 5.11 Å². The normalized spacial score (nSPS) is 43.2. The van der Waals surface area contributed by atoms with E-state index in [9.17, 15) is 5.11 Å². The first-order valence-corrected chi connectivity index (χ1v) is 11.1. The lowest BCUT2D eigenvalue weighted by Gasteiger charge is -2.58. The molecule has 0 saturated heterocycles. The molecule has 0 aromatic carbocycles. The molecule has 5 rings (SSSR count). The van der Waals surface area contributed by atoms with Crippen LogP contribution in [0, 0.1) is 28.6 Å². The molecule has 4 aliphatic carbocycles. The molecule has 144 valence electrons. The number of fused-ring (bicyclic) bond motifs is 5. The first-order valence-electron chi connectivity index (χ1n) is 11.1. The number of allylic oxidation sites excluding steroid dienone is 3. The summed E-state index contributed by atoms with van der Waals surface area (Å²) in [5.74, 6) is 2.38. The quantitative estimate of drug-likeness (QED) is 0.675. The third-order valence-electron chi connectivity index (χ3n) is 9.00. The average Bonchev–Trinajstić information content (AvgIpc) is 3.09. The molecule has 1 aromatic heterocycles. The smallest absolute Gasteiger partial charge is 0.0577 e. The van der Waals surface area contributed by atoms with Crippen molar-refractivity contribution in [2.45, 2.75) is 71.3 Å². The van der Waals surface area contributed by atoms with Crippen LogP contribution in [0.3, 0.4) is 0 Å². The van der Waals surface area contributed by atoms with Gasteiger partial charge in [0.25, 0.3) is 0 Å². The van der Waals surface area contributed by atoms with Gasteiger partial charge in [-0.1, -0.05) is 37.6 Å². The van der Waals surface area contributed by atoms with E-state index in [2.05, 4.69) is 49.3 Å². The molecule has 4 aliphatic rings. The lowest BCUT2D eigenvalue weighted by Crippen LogP contribution is -2.50. The third kappa shape index (κ3) is 2.45. The van der Waals surface area contributed by atoms with Crippen molar-refractivity contribution in [2.75, 3.05) is 0 Å². The molecule has 1 aromatic rings. The van der Waals surface area contributed by atoms with Crippen LogP contribution in [0.25, 0.3) is 5.57 Å². The second-order valence-electron chi connectivity index (χ2n) is 9.80. The van der Waals surface area contributed by atoms with E-state index in [0.29, 0.717) is 10.8 Å². The average molecular weight is 364 g/mol. The van der Waals surface area contributed by atoms with Gasteiger partial charge < -0.3 is 5.11 Å². The Morgan fingerprint density at radius 1 is 1.15 bits per heavy atom. The zero-order valence-electron chi connectivity index (χ0n) is 16.8. The van der Waals surface area contributed by atoms with Crippen LogP contribution in [-0.2, 0) is 0 Å². The molecule has 1 heterocycles. The lowest BCUT2D eigenvalue weighted by molar-refractivity contribution is -0.0303. The van der Waals surface area contributed by atoms with E-state index >= 15 is 0 Å². The van der Waals surface area contributed by atoms with Crippen LogP contribution in [0.2, 0.25) is 0 Å². The molecule has 0 spiro atoms. The summed E-state index contributed by atoms with van der Waals surface area (Å²) in [4.78, 5) is 4.41. The van der Waals surface area contributed by atoms with E-state index in [-0.39, 0.29) is 6.10 Å². The molecular weight excluding hydrogens is 330 g/mol. The number of nitrogens with zero attached hydrogens (tertiary/aromatic N) is 1. The summed E-state index contributed by atoms with van der Waals surface area (Å²) in [5, 5.41) is 10.2. The van der Waals surface area contributed by atoms with Gasteiger partial charge >= 0.3 is 0 Å². The minimum absolute atomic E-state index is 0.107. The van der Waals surface area contributed by atoms with E-state index < -0.39 is 0 Å². The SMILES string of the molecule is CCC12CCC3C(CC=C4CC(O)CCC43C)C1CC=C2c1cccnc1. The zero-order valence-corrected chi connectivity index (χ0v) is 16.8. The Morgan fingerprint density at radius 3 is 2.81 bits per heavy atom. The molecule has 2 fully saturated rings. The van der Waals surface area contributed by atoms with E-state index in [0.717, 1.165) is 30.6 Å². The number of aliphatic hydroxyl groups excluding tert-OH is 1. The summed E-state index contributed by atoms with van der Waals surface area (Å²) in [5.41, 5.74) is 5.18. The van der Waals surface area contributed by atoms with Gasteiger partial charge in [0, 0.05) is 12.4 Å². The van der Waals surface area contributed by atoms with Gasteiger partial charge in [-0.3, -0.25) is 4.98 Å². The van der Waals surface area contributed by atoms with Crippen LogP contribution < -0.4 is 0 Å². The number of aliphatic hydroxyl groups is 1. The topological polar surface area (TPSA) is 33.1 Å². The maximum absolute atomic E-state index is 10.2. The molecule has 6 atom stereocenters.